The lowest BCUT2D eigenvalue weighted by Gasteiger charge is -2.09. The summed E-state index contributed by atoms with van der Waals surface area (Å²) in [5.41, 5.74) is -0.161. The van der Waals surface area contributed by atoms with E-state index >= 15 is 0 Å². The normalized spacial score (nSPS) is 11.2. The van der Waals surface area contributed by atoms with Crippen molar-refractivity contribution in [2.24, 2.45) is 0 Å². The summed E-state index contributed by atoms with van der Waals surface area (Å²) in [6, 6.07) is 9.11. The Morgan fingerprint density at radius 1 is 1.10 bits per heavy atom. The molecule has 3 rings (SSSR count). The fourth-order valence-electron chi connectivity index (χ4n) is 2.32. The predicted octanol–water partition coefficient (Wildman–Crippen LogP) is 3.26. The van der Waals surface area contributed by atoms with Gasteiger partial charge >= 0.3 is 12.1 Å². The molecule has 0 spiro atoms. The first kappa shape index (κ1) is 21.0. The summed E-state index contributed by atoms with van der Waals surface area (Å²) < 4.78 is 47.4. The average Bonchev–Trinajstić information content (AvgIpc) is 3.20. The number of aromatic nitrogens is 3. The molecule has 2 aromatic heterocycles. The monoisotopic (exact) mass is 420 g/mol. The zero-order chi connectivity index (χ0) is 21.6. The van der Waals surface area contributed by atoms with E-state index in [4.69, 9.17) is 9.26 Å². The van der Waals surface area contributed by atoms with E-state index in [2.05, 4.69) is 20.4 Å². The topological polar surface area (TPSA) is 107 Å². The summed E-state index contributed by atoms with van der Waals surface area (Å²) in [4.78, 5) is 31.8. The first-order chi connectivity index (χ1) is 14.3. The number of nitrogens with one attached hydrogen (secondary N) is 1. The number of hydrogen-bond donors (Lipinski definition) is 1. The van der Waals surface area contributed by atoms with Gasteiger partial charge in [-0.25, -0.2) is 0 Å². The van der Waals surface area contributed by atoms with Crippen molar-refractivity contribution in [1.29, 1.82) is 0 Å². The van der Waals surface area contributed by atoms with Gasteiger partial charge in [-0.1, -0.05) is 11.2 Å². The molecule has 0 atom stereocenters. The molecule has 0 radical (unpaired) electrons. The fourth-order valence-corrected chi connectivity index (χ4v) is 2.32. The molecule has 1 amide bonds. The molecule has 0 fully saturated rings. The quantitative estimate of drug-likeness (QED) is 0.585. The molecule has 156 valence electrons. The number of anilines is 1. The van der Waals surface area contributed by atoms with E-state index in [-0.39, 0.29) is 30.2 Å². The number of halogens is 3. The first-order valence-electron chi connectivity index (χ1n) is 8.68. The lowest BCUT2D eigenvalue weighted by molar-refractivity contribution is -0.147. The van der Waals surface area contributed by atoms with Crippen LogP contribution in [0.3, 0.4) is 0 Å². The number of amides is 1. The molecule has 0 aliphatic carbocycles. The van der Waals surface area contributed by atoms with Crippen LogP contribution in [0.4, 0.5) is 18.9 Å². The molecule has 0 aliphatic rings. The van der Waals surface area contributed by atoms with E-state index in [1.807, 2.05) is 0 Å². The van der Waals surface area contributed by atoms with Gasteiger partial charge < -0.3 is 14.6 Å². The van der Waals surface area contributed by atoms with Gasteiger partial charge in [0.05, 0.1) is 12.0 Å². The van der Waals surface area contributed by atoms with Crippen LogP contribution in [0.25, 0.3) is 11.5 Å². The number of carbonyl (C=O) groups excluding carboxylic acids is 2. The van der Waals surface area contributed by atoms with E-state index < -0.39 is 30.2 Å². The van der Waals surface area contributed by atoms with Crippen molar-refractivity contribution in [3.8, 4) is 11.5 Å². The molecule has 3 aromatic rings. The van der Waals surface area contributed by atoms with Crippen LogP contribution in [0.5, 0.6) is 0 Å². The number of alkyl halides is 3. The minimum Gasteiger partial charge on any atom is -0.456 e. The van der Waals surface area contributed by atoms with Crippen LogP contribution in [0.1, 0.15) is 17.9 Å². The third-order valence-electron chi connectivity index (χ3n) is 3.77. The van der Waals surface area contributed by atoms with Crippen LogP contribution in [-0.2, 0) is 26.9 Å². The Morgan fingerprint density at radius 3 is 2.53 bits per heavy atom. The molecule has 1 aromatic carbocycles. The van der Waals surface area contributed by atoms with Gasteiger partial charge in [-0.15, -0.1) is 0 Å². The Labute approximate surface area is 168 Å². The molecule has 0 aliphatic heterocycles. The molecule has 0 unspecified atom stereocenters. The zero-order valence-corrected chi connectivity index (χ0v) is 15.3. The number of hydrogen-bond acceptors (Lipinski definition) is 7. The lowest BCUT2D eigenvalue weighted by atomic mass is 10.2. The number of benzene rings is 1. The molecule has 0 bridgehead atoms. The van der Waals surface area contributed by atoms with Crippen molar-refractivity contribution >= 4 is 17.6 Å². The van der Waals surface area contributed by atoms with Gasteiger partial charge in [-0.05, 0) is 36.4 Å². The summed E-state index contributed by atoms with van der Waals surface area (Å²) in [7, 11) is 0. The molecule has 0 saturated carbocycles. The Balaban J connectivity index is 1.41. The van der Waals surface area contributed by atoms with Gasteiger partial charge in [0.15, 0.2) is 6.61 Å². The zero-order valence-electron chi connectivity index (χ0n) is 15.3. The van der Waals surface area contributed by atoms with Gasteiger partial charge in [-0.3, -0.25) is 14.6 Å². The van der Waals surface area contributed by atoms with E-state index in [1.165, 1.54) is 0 Å². The van der Waals surface area contributed by atoms with E-state index in [9.17, 15) is 22.8 Å². The van der Waals surface area contributed by atoms with Gasteiger partial charge in [-0.2, -0.15) is 18.2 Å². The number of pyridine rings is 1. The van der Waals surface area contributed by atoms with Crippen molar-refractivity contribution in [2.75, 3.05) is 11.9 Å². The van der Waals surface area contributed by atoms with E-state index in [0.717, 1.165) is 24.3 Å². The first-order valence-corrected chi connectivity index (χ1v) is 8.68. The minimum atomic E-state index is -4.46. The standard InChI is InChI=1S/C19H15F3N4O4/c20-19(21,22)12-4-6-13(7-5-12)24-15(27)11-29-17(28)9-8-16-25-18(26-30-16)14-3-1-2-10-23-14/h1-7,10H,8-9,11H2,(H,24,27). The summed E-state index contributed by atoms with van der Waals surface area (Å²) in [5.74, 6) is -0.856. The minimum absolute atomic E-state index is 0.0998. The number of ether oxygens (including phenoxy) is 1. The van der Waals surface area contributed by atoms with E-state index in [1.54, 1.807) is 24.4 Å². The van der Waals surface area contributed by atoms with Crippen LogP contribution in [0, 0.1) is 0 Å². The lowest BCUT2D eigenvalue weighted by Crippen LogP contribution is -2.21. The largest absolute Gasteiger partial charge is 0.456 e. The Hall–Kier alpha value is -3.76. The molecule has 11 heteroatoms. The second-order valence-corrected chi connectivity index (χ2v) is 6.01. The van der Waals surface area contributed by atoms with Crippen molar-refractivity contribution < 1.29 is 32.0 Å². The highest BCUT2D eigenvalue weighted by atomic mass is 19.4. The second kappa shape index (κ2) is 9.16. The van der Waals surface area contributed by atoms with Crippen molar-refractivity contribution in [3.63, 3.8) is 0 Å². The highest BCUT2D eigenvalue weighted by Crippen LogP contribution is 2.29. The average molecular weight is 420 g/mol. The third kappa shape index (κ3) is 5.87. The summed E-state index contributed by atoms with van der Waals surface area (Å²) in [5, 5.41) is 6.11. The highest BCUT2D eigenvalue weighted by Gasteiger charge is 2.30. The maximum atomic E-state index is 12.5. The van der Waals surface area contributed by atoms with Gasteiger partial charge in [0.1, 0.15) is 5.69 Å². The molecule has 1 N–H and O–H groups in total. The third-order valence-corrected chi connectivity index (χ3v) is 3.77. The van der Waals surface area contributed by atoms with Crippen LogP contribution in [0.15, 0.2) is 53.2 Å². The summed E-state index contributed by atoms with van der Waals surface area (Å²) in [6.45, 7) is -0.580. The number of rotatable bonds is 7. The molecule has 30 heavy (non-hydrogen) atoms. The van der Waals surface area contributed by atoms with Gasteiger partial charge in [0.2, 0.25) is 11.7 Å². The Morgan fingerprint density at radius 2 is 1.87 bits per heavy atom. The van der Waals surface area contributed by atoms with Crippen LogP contribution >= 0.6 is 0 Å². The maximum absolute atomic E-state index is 12.5. The maximum Gasteiger partial charge on any atom is 0.416 e. The van der Waals surface area contributed by atoms with Crippen molar-refractivity contribution in [2.45, 2.75) is 19.0 Å². The second-order valence-electron chi connectivity index (χ2n) is 6.01. The van der Waals surface area contributed by atoms with E-state index in [0.29, 0.717) is 5.69 Å². The van der Waals surface area contributed by atoms with Crippen LogP contribution < -0.4 is 5.32 Å². The summed E-state index contributed by atoms with van der Waals surface area (Å²) in [6.07, 6.45) is -2.87. The van der Waals surface area contributed by atoms with Gasteiger partial charge in [0, 0.05) is 18.3 Å². The smallest absolute Gasteiger partial charge is 0.416 e. The van der Waals surface area contributed by atoms with Crippen molar-refractivity contribution in [3.05, 3.63) is 60.1 Å². The number of aryl methyl sites for hydroxylation is 1. The highest BCUT2D eigenvalue weighted by molar-refractivity contribution is 5.92. The number of esters is 1. The predicted molar refractivity (Wildman–Crippen MR) is 96.9 cm³/mol. The SMILES string of the molecule is O=C(COC(=O)CCc1nc(-c2ccccn2)no1)Nc1ccc(C(F)(F)F)cc1. The molecule has 2 heterocycles. The van der Waals surface area contributed by atoms with Crippen molar-refractivity contribution in [1.82, 2.24) is 15.1 Å². The Kier molecular flexibility index (Phi) is 6.40. The fraction of sp³-hybridized carbons (Fsp3) is 0.211. The van der Waals surface area contributed by atoms with Crippen LogP contribution in [-0.4, -0.2) is 33.6 Å². The molecule has 0 saturated heterocycles. The number of carbonyl (C=O) groups is 2. The molecule has 8 nitrogen and oxygen atoms in total. The van der Waals surface area contributed by atoms with Crippen LogP contribution in [0.2, 0.25) is 0 Å². The Bertz CT molecular complexity index is 1000. The molecular formula is C19H15F3N4O4. The molecular weight excluding hydrogens is 405 g/mol. The number of nitrogens with zero attached hydrogens (tertiary/aromatic N) is 3. The summed E-state index contributed by atoms with van der Waals surface area (Å²) >= 11 is 0. The van der Waals surface area contributed by atoms with Gasteiger partial charge in [0.25, 0.3) is 5.91 Å².